The number of aryl methyl sites for hydroxylation is 2. The van der Waals surface area contributed by atoms with E-state index < -0.39 is 5.97 Å². The van der Waals surface area contributed by atoms with Gasteiger partial charge in [0.25, 0.3) is 11.8 Å². The van der Waals surface area contributed by atoms with E-state index in [2.05, 4.69) is 10.2 Å². The van der Waals surface area contributed by atoms with Crippen LogP contribution < -0.4 is 9.47 Å². The van der Waals surface area contributed by atoms with Crippen molar-refractivity contribution in [1.29, 1.82) is 0 Å². The normalized spacial score (nSPS) is 10.6. The minimum atomic E-state index is -0.587. The van der Waals surface area contributed by atoms with Crippen LogP contribution in [0.5, 0.6) is 11.5 Å². The zero-order valence-corrected chi connectivity index (χ0v) is 14.9. The van der Waals surface area contributed by atoms with Crippen LogP contribution >= 0.6 is 0 Å². The van der Waals surface area contributed by atoms with Crippen LogP contribution in [0.25, 0.3) is 11.5 Å². The molecule has 0 atom stereocenters. The summed E-state index contributed by atoms with van der Waals surface area (Å²) in [5.41, 5.74) is 0.954. The molecular weight excluding hydrogens is 340 g/mol. The number of carbonyl (C=O) groups excluding carboxylic acids is 1. The van der Waals surface area contributed by atoms with Gasteiger partial charge < -0.3 is 23.0 Å². The quantitative estimate of drug-likeness (QED) is 0.619. The molecule has 0 aliphatic heterocycles. The Morgan fingerprint density at radius 1 is 1.12 bits per heavy atom. The van der Waals surface area contributed by atoms with Gasteiger partial charge in [-0.05, 0) is 32.0 Å². The molecule has 8 heteroatoms. The zero-order chi connectivity index (χ0) is 18.7. The lowest BCUT2D eigenvalue weighted by Crippen LogP contribution is -2.08. The second-order valence-corrected chi connectivity index (χ2v) is 5.45. The van der Waals surface area contributed by atoms with Gasteiger partial charge in [-0.2, -0.15) is 0 Å². The Hall–Kier alpha value is -3.29. The summed E-state index contributed by atoms with van der Waals surface area (Å²) in [5.74, 6) is 2.06. The van der Waals surface area contributed by atoms with Crippen LogP contribution in [-0.2, 0) is 11.3 Å². The first-order valence-electron chi connectivity index (χ1n) is 7.81. The topological polar surface area (TPSA) is 96.8 Å². The minimum absolute atomic E-state index is 0.165. The van der Waals surface area contributed by atoms with Gasteiger partial charge in [0.1, 0.15) is 17.1 Å². The molecule has 0 saturated carbocycles. The highest BCUT2D eigenvalue weighted by molar-refractivity contribution is 5.93. The molecule has 0 unspecified atom stereocenters. The second kappa shape index (κ2) is 7.30. The molecule has 0 fully saturated rings. The first-order valence-corrected chi connectivity index (χ1v) is 7.81. The van der Waals surface area contributed by atoms with Crippen molar-refractivity contribution in [2.45, 2.75) is 20.5 Å². The number of hydrogen-bond acceptors (Lipinski definition) is 8. The number of furan rings is 1. The lowest BCUT2D eigenvalue weighted by molar-refractivity contribution is 0.0434. The first-order chi connectivity index (χ1) is 12.5. The van der Waals surface area contributed by atoms with Crippen molar-refractivity contribution in [3.63, 3.8) is 0 Å². The lowest BCUT2D eigenvalue weighted by atomic mass is 10.2. The molecule has 3 rings (SSSR count). The molecule has 0 bridgehead atoms. The molecule has 26 heavy (non-hydrogen) atoms. The second-order valence-electron chi connectivity index (χ2n) is 5.45. The average molecular weight is 358 g/mol. The monoisotopic (exact) mass is 358 g/mol. The summed E-state index contributed by atoms with van der Waals surface area (Å²) in [6, 6.07) is 6.75. The third kappa shape index (κ3) is 3.39. The highest BCUT2D eigenvalue weighted by Crippen LogP contribution is 2.31. The van der Waals surface area contributed by atoms with Crippen molar-refractivity contribution < 1.29 is 27.8 Å². The molecule has 1 aromatic carbocycles. The number of hydrogen-bond donors (Lipinski definition) is 0. The number of para-hydroxylation sites is 1. The molecule has 8 nitrogen and oxygen atoms in total. The van der Waals surface area contributed by atoms with Gasteiger partial charge in [0, 0.05) is 0 Å². The van der Waals surface area contributed by atoms with Crippen molar-refractivity contribution >= 4 is 5.97 Å². The summed E-state index contributed by atoms with van der Waals surface area (Å²) in [7, 11) is 2.95. The Morgan fingerprint density at radius 2 is 1.92 bits per heavy atom. The van der Waals surface area contributed by atoms with E-state index in [1.165, 1.54) is 14.2 Å². The van der Waals surface area contributed by atoms with E-state index in [0.29, 0.717) is 28.7 Å². The Bertz CT molecular complexity index is 928. The maximum atomic E-state index is 12.3. The predicted molar refractivity (Wildman–Crippen MR) is 90.1 cm³/mol. The minimum Gasteiger partial charge on any atom is -0.493 e. The molecule has 2 aromatic heterocycles. The van der Waals surface area contributed by atoms with E-state index in [-0.39, 0.29) is 18.1 Å². The molecular formula is C18H18N2O6. The van der Waals surface area contributed by atoms with E-state index >= 15 is 0 Å². The molecule has 0 aliphatic rings. The van der Waals surface area contributed by atoms with Crippen molar-refractivity contribution in [3.8, 4) is 23.0 Å². The summed E-state index contributed by atoms with van der Waals surface area (Å²) in [5, 5.41) is 7.85. The van der Waals surface area contributed by atoms with Crippen LogP contribution in [0.15, 0.2) is 33.1 Å². The van der Waals surface area contributed by atoms with Crippen LogP contribution in [0.3, 0.4) is 0 Å². The summed E-state index contributed by atoms with van der Waals surface area (Å²) >= 11 is 0. The Balaban J connectivity index is 1.72. The molecule has 0 amide bonds. The number of carbonyl (C=O) groups is 1. The van der Waals surface area contributed by atoms with E-state index in [0.717, 1.165) is 5.76 Å². The highest BCUT2D eigenvalue weighted by atomic mass is 16.5. The SMILES string of the molecule is COc1cccc(C(=O)OCc2nnc(-c3cc(C)oc3C)o2)c1OC. The van der Waals surface area contributed by atoms with Crippen LogP contribution in [0, 0.1) is 13.8 Å². The number of benzene rings is 1. The number of esters is 1. The summed E-state index contributed by atoms with van der Waals surface area (Å²) < 4.78 is 26.6. The fraction of sp³-hybridized carbons (Fsp3) is 0.278. The van der Waals surface area contributed by atoms with Gasteiger partial charge in [-0.15, -0.1) is 10.2 Å². The van der Waals surface area contributed by atoms with E-state index in [1.807, 2.05) is 6.92 Å². The molecule has 0 aliphatic carbocycles. The summed E-state index contributed by atoms with van der Waals surface area (Å²) in [6.45, 7) is 3.47. The fourth-order valence-corrected chi connectivity index (χ4v) is 2.52. The number of rotatable bonds is 6. The van der Waals surface area contributed by atoms with Crippen molar-refractivity contribution in [3.05, 3.63) is 47.2 Å². The van der Waals surface area contributed by atoms with Crippen LogP contribution in [0.2, 0.25) is 0 Å². The van der Waals surface area contributed by atoms with Gasteiger partial charge >= 0.3 is 5.97 Å². The summed E-state index contributed by atoms with van der Waals surface area (Å²) in [6.07, 6.45) is 0. The van der Waals surface area contributed by atoms with Crippen LogP contribution in [0.4, 0.5) is 0 Å². The van der Waals surface area contributed by atoms with Gasteiger partial charge in [-0.25, -0.2) is 4.79 Å². The number of nitrogens with zero attached hydrogens (tertiary/aromatic N) is 2. The summed E-state index contributed by atoms with van der Waals surface area (Å²) in [4.78, 5) is 12.3. The first kappa shape index (κ1) is 17.5. The molecule has 2 heterocycles. The Morgan fingerprint density at radius 3 is 2.58 bits per heavy atom. The number of aromatic nitrogens is 2. The third-order valence-corrected chi connectivity index (χ3v) is 3.69. The molecule has 0 spiro atoms. The molecule has 0 radical (unpaired) electrons. The lowest BCUT2D eigenvalue weighted by Gasteiger charge is -2.11. The number of ether oxygens (including phenoxy) is 3. The average Bonchev–Trinajstić information content (AvgIpc) is 3.24. The predicted octanol–water partition coefficient (Wildman–Crippen LogP) is 3.32. The van der Waals surface area contributed by atoms with Crippen molar-refractivity contribution in [1.82, 2.24) is 10.2 Å². The van der Waals surface area contributed by atoms with Crippen molar-refractivity contribution in [2.24, 2.45) is 0 Å². The maximum Gasteiger partial charge on any atom is 0.342 e. The maximum absolute atomic E-state index is 12.3. The van der Waals surface area contributed by atoms with E-state index in [1.54, 1.807) is 31.2 Å². The molecule has 0 N–H and O–H groups in total. The molecule has 3 aromatic rings. The van der Waals surface area contributed by atoms with Gasteiger partial charge in [-0.1, -0.05) is 6.07 Å². The van der Waals surface area contributed by atoms with Gasteiger partial charge in [0.05, 0.1) is 19.8 Å². The Labute approximate surface area is 149 Å². The highest BCUT2D eigenvalue weighted by Gasteiger charge is 2.20. The van der Waals surface area contributed by atoms with Crippen molar-refractivity contribution in [2.75, 3.05) is 14.2 Å². The van der Waals surface area contributed by atoms with Gasteiger partial charge in [0.15, 0.2) is 18.1 Å². The standard InChI is InChI=1S/C18H18N2O6/c1-10-8-13(11(2)25-10)17-20-19-15(26-17)9-24-18(21)12-6-5-7-14(22-3)16(12)23-4/h5-8H,9H2,1-4H3. The van der Waals surface area contributed by atoms with Crippen LogP contribution in [0.1, 0.15) is 27.8 Å². The third-order valence-electron chi connectivity index (χ3n) is 3.69. The Kier molecular flexibility index (Phi) is 4.92. The molecule has 136 valence electrons. The zero-order valence-electron chi connectivity index (χ0n) is 14.9. The van der Waals surface area contributed by atoms with Gasteiger partial charge in [-0.3, -0.25) is 0 Å². The number of methoxy groups -OCH3 is 2. The molecule has 0 saturated heterocycles. The van der Waals surface area contributed by atoms with E-state index in [9.17, 15) is 4.79 Å². The largest absolute Gasteiger partial charge is 0.493 e. The van der Waals surface area contributed by atoms with E-state index in [4.69, 9.17) is 23.0 Å². The fourth-order valence-electron chi connectivity index (χ4n) is 2.52. The van der Waals surface area contributed by atoms with Gasteiger partial charge in [0.2, 0.25) is 0 Å². The van der Waals surface area contributed by atoms with Crippen LogP contribution in [-0.4, -0.2) is 30.4 Å². The smallest absolute Gasteiger partial charge is 0.342 e.